The Hall–Kier alpha value is -1.18. The molecule has 1 heterocycles. The van der Waals surface area contributed by atoms with Gasteiger partial charge in [-0.15, -0.1) is 0 Å². The van der Waals surface area contributed by atoms with Gasteiger partial charge in [-0.05, 0) is 60.1 Å². The van der Waals surface area contributed by atoms with E-state index in [2.05, 4.69) is 0 Å². The molecule has 4 nitrogen and oxygen atoms in total. The molecule has 0 saturated carbocycles. The number of aliphatic carboxylic acids is 1. The number of rotatable bonds is 2. The van der Waals surface area contributed by atoms with Crippen molar-refractivity contribution in [1.82, 2.24) is 4.90 Å². The molecule has 1 saturated heterocycles. The predicted molar refractivity (Wildman–Crippen MR) is 75.4 cm³/mol. The highest BCUT2D eigenvalue weighted by molar-refractivity contribution is 14.1. The molecule has 1 aliphatic heterocycles. The van der Waals surface area contributed by atoms with Gasteiger partial charge in [0.15, 0.2) is 0 Å². The number of likely N-dealkylation sites (tertiary alicyclic amines) is 1. The summed E-state index contributed by atoms with van der Waals surface area (Å²) >= 11 is 1.95. The van der Waals surface area contributed by atoms with Gasteiger partial charge in [0.25, 0.3) is 5.91 Å². The molecule has 6 heteroatoms. The second-order valence-corrected chi connectivity index (χ2v) is 5.63. The van der Waals surface area contributed by atoms with E-state index in [4.69, 9.17) is 5.11 Å². The largest absolute Gasteiger partial charge is 0.480 e. The van der Waals surface area contributed by atoms with Crippen molar-refractivity contribution in [1.29, 1.82) is 0 Å². The quantitative estimate of drug-likeness (QED) is 0.806. The molecular formula is C13H13FINO3. The third-order valence-electron chi connectivity index (χ3n) is 3.21. The van der Waals surface area contributed by atoms with E-state index in [-0.39, 0.29) is 5.56 Å². The van der Waals surface area contributed by atoms with Gasteiger partial charge in [0.1, 0.15) is 11.9 Å². The zero-order valence-corrected chi connectivity index (χ0v) is 12.3. The van der Waals surface area contributed by atoms with Crippen molar-refractivity contribution in [3.05, 3.63) is 33.1 Å². The van der Waals surface area contributed by atoms with Crippen LogP contribution in [-0.2, 0) is 4.79 Å². The molecule has 0 spiro atoms. The lowest BCUT2D eigenvalue weighted by molar-refractivity contribution is -0.143. The number of piperidine rings is 1. The highest BCUT2D eigenvalue weighted by Gasteiger charge is 2.33. The van der Waals surface area contributed by atoms with E-state index in [9.17, 15) is 14.0 Å². The summed E-state index contributed by atoms with van der Waals surface area (Å²) in [5.41, 5.74) is 0.230. The van der Waals surface area contributed by atoms with Crippen molar-refractivity contribution >= 4 is 34.5 Å². The molecule has 0 aliphatic carbocycles. The van der Waals surface area contributed by atoms with Gasteiger partial charge in [-0.3, -0.25) is 4.79 Å². The van der Waals surface area contributed by atoms with Crippen molar-refractivity contribution in [2.24, 2.45) is 0 Å². The summed E-state index contributed by atoms with van der Waals surface area (Å²) in [6.45, 7) is 0.405. The second kappa shape index (κ2) is 5.85. The highest BCUT2D eigenvalue weighted by atomic mass is 127. The van der Waals surface area contributed by atoms with Crippen LogP contribution < -0.4 is 0 Å². The van der Waals surface area contributed by atoms with Crippen LogP contribution in [0.4, 0.5) is 4.39 Å². The molecule has 0 aromatic heterocycles. The van der Waals surface area contributed by atoms with E-state index in [0.29, 0.717) is 16.5 Å². The SMILES string of the molecule is O=C(O)C1CCCCN1C(=O)c1cc(F)ccc1I. The topological polar surface area (TPSA) is 57.6 Å². The minimum absolute atomic E-state index is 0.230. The molecule has 2 rings (SSSR count). The fourth-order valence-electron chi connectivity index (χ4n) is 2.25. The minimum atomic E-state index is -1.00. The smallest absolute Gasteiger partial charge is 0.326 e. The molecule has 1 aromatic carbocycles. The summed E-state index contributed by atoms with van der Waals surface area (Å²) in [7, 11) is 0. The number of hydrogen-bond donors (Lipinski definition) is 1. The van der Waals surface area contributed by atoms with Gasteiger partial charge in [-0.25, -0.2) is 9.18 Å². The molecule has 1 unspecified atom stereocenters. The van der Waals surface area contributed by atoms with E-state index in [1.54, 1.807) is 0 Å². The lowest BCUT2D eigenvalue weighted by atomic mass is 10.0. The number of benzene rings is 1. The molecule has 1 fully saturated rings. The molecule has 1 amide bonds. The lowest BCUT2D eigenvalue weighted by Gasteiger charge is -2.33. The molecule has 0 radical (unpaired) electrons. The van der Waals surface area contributed by atoms with E-state index >= 15 is 0 Å². The monoisotopic (exact) mass is 377 g/mol. The molecule has 1 aromatic rings. The third-order valence-corrected chi connectivity index (χ3v) is 4.15. The Morgan fingerprint density at radius 2 is 2.11 bits per heavy atom. The van der Waals surface area contributed by atoms with Gasteiger partial charge in [-0.1, -0.05) is 0 Å². The average Bonchev–Trinajstić information content (AvgIpc) is 2.40. The van der Waals surface area contributed by atoms with Crippen LogP contribution in [0.1, 0.15) is 29.6 Å². The van der Waals surface area contributed by atoms with Crippen molar-refractivity contribution < 1.29 is 19.1 Å². The van der Waals surface area contributed by atoms with E-state index in [1.165, 1.54) is 17.0 Å². The summed E-state index contributed by atoms with van der Waals surface area (Å²) in [6.07, 6.45) is 2.02. The number of carboxylic acid groups (broad SMARTS) is 1. The molecule has 0 bridgehead atoms. The van der Waals surface area contributed by atoms with Gasteiger partial charge in [0.2, 0.25) is 0 Å². The number of hydrogen-bond acceptors (Lipinski definition) is 2. The van der Waals surface area contributed by atoms with Gasteiger partial charge >= 0.3 is 5.97 Å². The van der Waals surface area contributed by atoms with Crippen LogP contribution in [0.5, 0.6) is 0 Å². The first-order valence-electron chi connectivity index (χ1n) is 5.99. The number of nitrogens with zero attached hydrogens (tertiary/aromatic N) is 1. The van der Waals surface area contributed by atoms with Crippen LogP contribution in [0.25, 0.3) is 0 Å². The van der Waals surface area contributed by atoms with Crippen molar-refractivity contribution in [3.63, 3.8) is 0 Å². The molecule has 1 atom stereocenters. The van der Waals surface area contributed by atoms with E-state index in [1.807, 2.05) is 22.6 Å². The number of halogens is 2. The Balaban J connectivity index is 2.31. The Bertz CT molecular complexity index is 521. The molecule has 19 heavy (non-hydrogen) atoms. The predicted octanol–water partition coefficient (Wildman–Crippen LogP) is 2.51. The van der Waals surface area contributed by atoms with Crippen LogP contribution in [-0.4, -0.2) is 34.5 Å². The first-order chi connectivity index (χ1) is 9.00. The maximum atomic E-state index is 13.2. The first-order valence-corrected chi connectivity index (χ1v) is 7.07. The van der Waals surface area contributed by atoms with Crippen molar-refractivity contribution in [2.75, 3.05) is 6.54 Å². The summed E-state index contributed by atoms with van der Waals surface area (Å²) < 4.78 is 13.9. The first kappa shape index (κ1) is 14.2. The third kappa shape index (κ3) is 3.05. The number of amides is 1. The van der Waals surface area contributed by atoms with Crippen LogP contribution in [0.15, 0.2) is 18.2 Å². The maximum Gasteiger partial charge on any atom is 0.326 e. The minimum Gasteiger partial charge on any atom is -0.480 e. The Kier molecular flexibility index (Phi) is 4.38. The average molecular weight is 377 g/mol. The Morgan fingerprint density at radius 3 is 2.79 bits per heavy atom. The fraction of sp³-hybridized carbons (Fsp3) is 0.385. The van der Waals surface area contributed by atoms with Gasteiger partial charge in [0.05, 0.1) is 5.56 Å². The molecule has 1 N–H and O–H groups in total. The molecule has 1 aliphatic rings. The summed E-state index contributed by atoms with van der Waals surface area (Å²) in [6, 6.07) is 3.16. The van der Waals surface area contributed by atoms with Gasteiger partial charge < -0.3 is 10.0 Å². The Labute approximate surface area is 123 Å². The summed E-state index contributed by atoms with van der Waals surface area (Å²) in [5.74, 6) is -1.90. The lowest BCUT2D eigenvalue weighted by Crippen LogP contribution is -2.48. The maximum absolute atomic E-state index is 13.2. The van der Waals surface area contributed by atoms with Crippen LogP contribution in [0.2, 0.25) is 0 Å². The van der Waals surface area contributed by atoms with Crippen molar-refractivity contribution in [2.45, 2.75) is 25.3 Å². The van der Waals surface area contributed by atoms with E-state index < -0.39 is 23.7 Å². The molecule has 102 valence electrons. The molecular weight excluding hydrogens is 364 g/mol. The standard InChI is InChI=1S/C13H13FINO3/c14-8-4-5-10(15)9(7-8)12(17)16-6-2-1-3-11(16)13(18)19/h4-5,7,11H,1-3,6H2,(H,18,19). The summed E-state index contributed by atoms with van der Waals surface area (Å²) in [5, 5.41) is 9.16. The number of carboxylic acids is 1. The zero-order chi connectivity index (χ0) is 14.0. The summed E-state index contributed by atoms with van der Waals surface area (Å²) in [4.78, 5) is 24.9. The second-order valence-electron chi connectivity index (χ2n) is 4.47. The normalized spacial score (nSPS) is 19.3. The van der Waals surface area contributed by atoms with Gasteiger partial charge in [0, 0.05) is 10.1 Å². The highest BCUT2D eigenvalue weighted by Crippen LogP contribution is 2.22. The van der Waals surface area contributed by atoms with Crippen LogP contribution >= 0.6 is 22.6 Å². The fourth-order valence-corrected chi connectivity index (χ4v) is 2.81. The van der Waals surface area contributed by atoms with Crippen LogP contribution in [0, 0.1) is 9.39 Å². The number of carbonyl (C=O) groups excluding carboxylic acids is 1. The van der Waals surface area contributed by atoms with Crippen LogP contribution in [0.3, 0.4) is 0 Å². The van der Waals surface area contributed by atoms with E-state index in [0.717, 1.165) is 18.9 Å². The Morgan fingerprint density at radius 1 is 1.37 bits per heavy atom. The zero-order valence-electron chi connectivity index (χ0n) is 10.1. The number of carbonyl (C=O) groups is 2. The van der Waals surface area contributed by atoms with Gasteiger partial charge in [-0.2, -0.15) is 0 Å². The van der Waals surface area contributed by atoms with Crippen molar-refractivity contribution in [3.8, 4) is 0 Å².